The summed E-state index contributed by atoms with van der Waals surface area (Å²) in [4.78, 5) is 24.0. The van der Waals surface area contributed by atoms with Gasteiger partial charge in [0, 0.05) is 13.3 Å². The zero-order chi connectivity index (χ0) is 17.6. The third-order valence-electron chi connectivity index (χ3n) is 4.98. The van der Waals surface area contributed by atoms with Crippen molar-refractivity contribution in [1.29, 1.82) is 0 Å². The Hall–Kier alpha value is -1.22. The standard InChI is InChI=1S/C16H30N4O4/c1-13(21)20(12-16(24)6-10-18-11-7-16)19-14(22)2-3-15(23)4-8-17-9-5-15/h17-18,23-24H,2-12H2,1H3,(H,19,22). The molecule has 138 valence electrons. The molecule has 5 N–H and O–H groups in total. The molecule has 24 heavy (non-hydrogen) atoms. The average molecular weight is 342 g/mol. The van der Waals surface area contributed by atoms with E-state index in [1.165, 1.54) is 11.9 Å². The lowest BCUT2D eigenvalue weighted by atomic mass is 9.88. The van der Waals surface area contributed by atoms with Crippen LogP contribution < -0.4 is 16.1 Å². The van der Waals surface area contributed by atoms with E-state index in [4.69, 9.17) is 0 Å². The fourth-order valence-corrected chi connectivity index (χ4v) is 3.27. The van der Waals surface area contributed by atoms with Crippen LogP contribution in [0, 0.1) is 0 Å². The number of nitrogens with one attached hydrogen (secondary N) is 3. The second-order valence-corrected chi connectivity index (χ2v) is 7.09. The van der Waals surface area contributed by atoms with E-state index in [0.717, 1.165) is 13.1 Å². The zero-order valence-electron chi connectivity index (χ0n) is 14.4. The van der Waals surface area contributed by atoms with Gasteiger partial charge >= 0.3 is 0 Å². The number of amides is 2. The van der Waals surface area contributed by atoms with Gasteiger partial charge in [-0.2, -0.15) is 0 Å². The Labute approximate surface area is 142 Å². The summed E-state index contributed by atoms with van der Waals surface area (Å²) in [5, 5.41) is 28.5. The molecule has 0 bridgehead atoms. The fraction of sp³-hybridized carbons (Fsp3) is 0.875. The van der Waals surface area contributed by atoms with Crippen LogP contribution in [0.2, 0.25) is 0 Å². The van der Waals surface area contributed by atoms with Crippen LogP contribution in [0.3, 0.4) is 0 Å². The molecular formula is C16H30N4O4. The number of hydrazine groups is 1. The first-order valence-corrected chi connectivity index (χ1v) is 8.76. The molecule has 2 aliphatic heterocycles. The van der Waals surface area contributed by atoms with Gasteiger partial charge in [-0.1, -0.05) is 0 Å². The minimum absolute atomic E-state index is 0.0872. The molecule has 0 spiro atoms. The molecule has 2 saturated heterocycles. The second-order valence-electron chi connectivity index (χ2n) is 7.09. The molecule has 0 unspecified atom stereocenters. The number of carbonyl (C=O) groups excluding carboxylic acids is 2. The third kappa shape index (κ3) is 5.70. The molecule has 2 aliphatic rings. The van der Waals surface area contributed by atoms with Crippen molar-refractivity contribution in [3.8, 4) is 0 Å². The Morgan fingerprint density at radius 1 is 1.00 bits per heavy atom. The number of nitrogens with zero attached hydrogens (tertiary/aromatic N) is 1. The van der Waals surface area contributed by atoms with E-state index in [1.807, 2.05) is 0 Å². The minimum Gasteiger partial charge on any atom is -0.390 e. The maximum atomic E-state index is 12.2. The molecule has 2 fully saturated rings. The number of rotatable bonds is 5. The van der Waals surface area contributed by atoms with Crippen molar-refractivity contribution in [2.45, 2.75) is 56.7 Å². The van der Waals surface area contributed by atoms with Gasteiger partial charge in [0.1, 0.15) is 0 Å². The first kappa shape index (κ1) is 19.1. The van der Waals surface area contributed by atoms with Crippen molar-refractivity contribution in [3.05, 3.63) is 0 Å². The number of carbonyl (C=O) groups is 2. The highest BCUT2D eigenvalue weighted by Gasteiger charge is 2.34. The van der Waals surface area contributed by atoms with Gasteiger partial charge in [0.05, 0.1) is 17.7 Å². The van der Waals surface area contributed by atoms with Crippen molar-refractivity contribution in [1.82, 2.24) is 21.1 Å². The number of piperidine rings is 2. The molecule has 2 amide bonds. The van der Waals surface area contributed by atoms with E-state index in [1.54, 1.807) is 0 Å². The van der Waals surface area contributed by atoms with Crippen LogP contribution in [0.15, 0.2) is 0 Å². The maximum Gasteiger partial charge on any atom is 0.238 e. The fourth-order valence-electron chi connectivity index (χ4n) is 3.27. The van der Waals surface area contributed by atoms with Gasteiger partial charge in [-0.25, -0.2) is 0 Å². The van der Waals surface area contributed by atoms with E-state index in [9.17, 15) is 19.8 Å². The zero-order valence-corrected chi connectivity index (χ0v) is 14.4. The van der Waals surface area contributed by atoms with Crippen LogP contribution in [0.1, 0.15) is 45.4 Å². The summed E-state index contributed by atoms with van der Waals surface area (Å²) in [6, 6.07) is 0. The van der Waals surface area contributed by atoms with Crippen molar-refractivity contribution < 1.29 is 19.8 Å². The van der Waals surface area contributed by atoms with Crippen molar-refractivity contribution >= 4 is 11.8 Å². The van der Waals surface area contributed by atoms with Crippen LogP contribution in [-0.2, 0) is 9.59 Å². The summed E-state index contributed by atoms with van der Waals surface area (Å²) in [5.74, 6) is -0.620. The number of hydrogen-bond acceptors (Lipinski definition) is 6. The van der Waals surface area contributed by atoms with E-state index >= 15 is 0 Å². The molecule has 0 saturated carbocycles. The summed E-state index contributed by atoms with van der Waals surface area (Å²) in [7, 11) is 0. The van der Waals surface area contributed by atoms with E-state index in [0.29, 0.717) is 45.2 Å². The quantitative estimate of drug-likeness (QED) is 0.404. The van der Waals surface area contributed by atoms with Gasteiger partial charge in [-0.3, -0.25) is 20.0 Å². The smallest absolute Gasteiger partial charge is 0.238 e. The van der Waals surface area contributed by atoms with Gasteiger partial charge in [0.15, 0.2) is 0 Å². The first-order chi connectivity index (χ1) is 11.3. The predicted octanol–water partition coefficient (Wildman–Crippen LogP) is -1.12. The lowest BCUT2D eigenvalue weighted by Gasteiger charge is -2.37. The molecule has 0 aliphatic carbocycles. The lowest BCUT2D eigenvalue weighted by Crippen LogP contribution is -2.56. The second kappa shape index (κ2) is 8.24. The topological polar surface area (TPSA) is 114 Å². The summed E-state index contributed by atoms with van der Waals surface area (Å²) >= 11 is 0. The van der Waals surface area contributed by atoms with E-state index < -0.39 is 11.2 Å². The van der Waals surface area contributed by atoms with Gasteiger partial charge < -0.3 is 20.8 Å². The third-order valence-corrected chi connectivity index (χ3v) is 4.98. The highest BCUT2D eigenvalue weighted by atomic mass is 16.3. The van der Waals surface area contributed by atoms with Crippen LogP contribution in [0.5, 0.6) is 0 Å². The Bertz CT molecular complexity index is 445. The SMILES string of the molecule is CC(=O)N(CC1(O)CCNCC1)NC(=O)CCC1(O)CCNCC1. The Kier molecular flexibility index (Phi) is 6.56. The molecule has 8 heteroatoms. The van der Waals surface area contributed by atoms with Crippen LogP contribution in [0.4, 0.5) is 0 Å². The Morgan fingerprint density at radius 2 is 1.50 bits per heavy atom. The van der Waals surface area contributed by atoms with Crippen LogP contribution in [0.25, 0.3) is 0 Å². The predicted molar refractivity (Wildman–Crippen MR) is 88.9 cm³/mol. The molecule has 8 nitrogen and oxygen atoms in total. The van der Waals surface area contributed by atoms with Crippen LogP contribution in [-0.4, -0.2) is 71.0 Å². The van der Waals surface area contributed by atoms with E-state index in [-0.39, 0.29) is 24.8 Å². The normalized spacial score (nSPS) is 22.6. The largest absolute Gasteiger partial charge is 0.390 e. The van der Waals surface area contributed by atoms with Crippen LogP contribution >= 0.6 is 0 Å². The number of aliphatic hydroxyl groups is 2. The summed E-state index contributed by atoms with van der Waals surface area (Å²) in [6.07, 6.45) is 2.87. The maximum absolute atomic E-state index is 12.2. The molecule has 0 aromatic carbocycles. The first-order valence-electron chi connectivity index (χ1n) is 8.76. The highest BCUT2D eigenvalue weighted by molar-refractivity contribution is 5.80. The molecule has 0 atom stereocenters. The van der Waals surface area contributed by atoms with Crippen molar-refractivity contribution in [3.63, 3.8) is 0 Å². The summed E-state index contributed by atoms with van der Waals surface area (Å²) in [6.45, 7) is 4.33. The summed E-state index contributed by atoms with van der Waals surface area (Å²) in [5.41, 5.74) is 0.800. The van der Waals surface area contributed by atoms with E-state index in [2.05, 4.69) is 16.1 Å². The van der Waals surface area contributed by atoms with Gasteiger partial charge in [-0.05, 0) is 58.3 Å². The molecule has 0 radical (unpaired) electrons. The summed E-state index contributed by atoms with van der Waals surface area (Å²) < 4.78 is 0. The lowest BCUT2D eigenvalue weighted by molar-refractivity contribution is -0.145. The molecule has 0 aromatic heterocycles. The van der Waals surface area contributed by atoms with Gasteiger partial charge in [-0.15, -0.1) is 0 Å². The Morgan fingerprint density at radius 3 is 2.00 bits per heavy atom. The molecule has 2 heterocycles. The van der Waals surface area contributed by atoms with Gasteiger partial charge in [0.2, 0.25) is 11.8 Å². The number of hydrogen-bond donors (Lipinski definition) is 5. The van der Waals surface area contributed by atoms with Crippen molar-refractivity contribution in [2.24, 2.45) is 0 Å². The monoisotopic (exact) mass is 342 g/mol. The molecule has 0 aromatic rings. The Balaban J connectivity index is 1.83. The van der Waals surface area contributed by atoms with Crippen molar-refractivity contribution in [2.75, 3.05) is 32.7 Å². The highest BCUT2D eigenvalue weighted by Crippen LogP contribution is 2.23. The van der Waals surface area contributed by atoms with Gasteiger partial charge in [0.25, 0.3) is 0 Å². The molecular weight excluding hydrogens is 312 g/mol. The minimum atomic E-state index is -0.975. The average Bonchev–Trinajstić information content (AvgIpc) is 2.53. The molecule has 2 rings (SSSR count).